The number of carbonyl (C=O) groups excluding carboxylic acids is 1. The summed E-state index contributed by atoms with van der Waals surface area (Å²) >= 11 is 0. The third-order valence-corrected chi connectivity index (χ3v) is 4.81. The minimum absolute atomic E-state index is 0.274. The molecule has 1 aromatic carbocycles. The zero-order valence-corrected chi connectivity index (χ0v) is 13.6. The normalized spacial score (nSPS) is 18.7. The van der Waals surface area contributed by atoms with E-state index in [4.69, 9.17) is 4.74 Å². The number of aromatic nitrogens is 1. The fraction of sp³-hybridized carbons (Fsp3) is 0.316. The molecule has 1 N–H and O–H groups in total. The van der Waals surface area contributed by atoms with Gasteiger partial charge in [0.2, 0.25) is 0 Å². The Kier molecular flexibility index (Phi) is 3.87. The number of nitrogens with zero attached hydrogens (tertiary/aromatic N) is 2. The van der Waals surface area contributed by atoms with Crippen LogP contribution in [-0.4, -0.2) is 46.1 Å². The van der Waals surface area contributed by atoms with Crippen LogP contribution in [-0.2, 0) is 11.2 Å². The van der Waals surface area contributed by atoms with E-state index in [1.165, 1.54) is 11.1 Å². The monoisotopic (exact) mass is 338 g/mol. The third-order valence-electron chi connectivity index (χ3n) is 4.81. The molecule has 1 fully saturated rings. The zero-order chi connectivity index (χ0) is 17.4. The smallest absolute Gasteiger partial charge is 0.326 e. The van der Waals surface area contributed by atoms with Crippen LogP contribution in [0.2, 0.25) is 0 Å². The molecule has 2 aromatic rings. The number of fused-ring (bicyclic) bond motifs is 1. The molecule has 0 aliphatic carbocycles. The van der Waals surface area contributed by atoms with Gasteiger partial charge in [0.05, 0.1) is 12.2 Å². The molecule has 1 amide bonds. The van der Waals surface area contributed by atoms with Crippen molar-refractivity contribution in [2.75, 3.05) is 13.2 Å². The first-order valence-electron chi connectivity index (χ1n) is 8.38. The number of ether oxygens (including phenoxy) is 1. The van der Waals surface area contributed by atoms with Gasteiger partial charge in [-0.15, -0.1) is 0 Å². The molecule has 6 nitrogen and oxygen atoms in total. The van der Waals surface area contributed by atoms with Gasteiger partial charge in [0, 0.05) is 30.9 Å². The average molecular weight is 338 g/mol. The van der Waals surface area contributed by atoms with Crippen LogP contribution in [0.3, 0.4) is 0 Å². The van der Waals surface area contributed by atoms with E-state index in [-0.39, 0.29) is 5.91 Å². The molecule has 1 saturated heterocycles. The van der Waals surface area contributed by atoms with Crippen LogP contribution in [0.5, 0.6) is 5.75 Å². The number of likely N-dealkylation sites (tertiary alicyclic amines) is 1. The molecule has 1 atom stereocenters. The Labute approximate surface area is 145 Å². The van der Waals surface area contributed by atoms with Crippen molar-refractivity contribution in [2.24, 2.45) is 0 Å². The lowest BCUT2D eigenvalue weighted by Gasteiger charge is -2.21. The van der Waals surface area contributed by atoms with Crippen molar-refractivity contribution in [3.05, 3.63) is 47.8 Å². The van der Waals surface area contributed by atoms with Gasteiger partial charge in [-0.25, -0.2) is 4.79 Å². The first-order valence-corrected chi connectivity index (χ1v) is 8.38. The van der Waals surface area contributed by atoms with E-state index in [1.54, 1.807) is 12.3 Å². The predicted octanol–water partition coefficient (Wildman–Crippen LogP) is 2.37. The molecule has 6 heteroatoms. The highest BCUT2D eigenvalue weighted by molar-refractivity contribution is 5.97. The molecule has 2 aliphatic rings. The fourth-order valence-electron chi connectivity index (χ4n) is 3.51. The number of pyridine rings is 1. The first kappa shape index (κ1) is 15.6. The van der Waals surface area contributed by atoms with Crippen molar-refractivity contribution >= 4 is 11.9 Å². The maximum absolute atomic E-state index is 12.7. The molecule has 3 heterocycles. The summed E-state index contributed by atoms with van der Waals surface area (Å²) in [6, 6.07) is 6.99. The fourth-order valence-corrected chi connectivity index (χ4v) is 3.51. The summed E-state index contributed by atoms with van der Waals surface area (Å²) in [5, 5.41) is 9.28. The number of rotatable bonds is 3. The van der Waals surface area contributed by atoms with Gasteiger partial charge in [-0.3, -0.25) is 9.78 Å². The number of carboxylic acid groups (broad SMARTS) is 1. The summed E-state index contributed by atoms with van der Waals surface area (Å²) in [4.78, 5) is 29.7. The Morgan fingerprint density at radius 3 is 2.92 bits per heavy atom. The number of hydrogen-bond acceptors (Lipinski definition) is 4. The topological polar surface area (TPSA) is 79.7 Å². The first-order chi connectivity index (χ1) is 12.1. The van der Waals surface area contributed by atoms with Crippen LogP contribution in [0, 0.1) is 0 Å². The Bertz CT molecular complexity index is 849. The van der Waals surface area contributed by atoms with Crippen LogP contribution < -0.4 is 4.74 Å². The van der Waals surface area contributed by atoms with Crippen molar-refractivity contribution in [2.45, 2.75) is 25.3 Å². The summed E-state index contributed by atoms with van der Waals surface area (Å²) in [5.74, 6) is -0.317. The van der Waals surface area contributed by atoms with E-state index in [0.717, 1.165) is 28.9 Å². The molecule has 4 rings (SSSR count). The Morgan fingerprint density at radius 1 is 1.20 bits per heavy atom. The highest BCUT2D eigenvalue weighted by Crippen LogP contribution is 2.31. The minimum atomic E-state index is -0.950. The Hall–Kier alpha value is -2.89. The van der Waals surface area contributed by atoms with Gasteiger partial charge in [0.25, 0.3) is 5.91 Å². The summed E-state index contributed by atoms with van der Waals surface area (Å²) in [5.41, 5.74) is 3.39. The highest BCUT2D eigenvalue weighted by atomic mass is 16.5. The van der Waals surface area contributed by atoms with E-state index in [2.05, 4.69) is 11.1 Å². The van der Waals surface area contributed by atoms with E-state index in [1.807, 2.05) is 12.1 Å². The number of benzene rings is 1. The van der Waals surface area contributed by atoms with Crippen molar-refractivity contribution in [1.29, 1.82) is 0 Å². The van der Waals surface area contributed by atoms with Crippen molar-refractivity contribution in [3.8, 4) is 16.9 Å². The molecule has 0 saturated carbocycles. The summed E-state index contributed by atoms with van der Waals surface area (Å²) < 4.78 is 5.52. The molecular weight excluding hydrogens is 320 g/mol. The summed E-state index contributed by atoms with van der Waals surface area (Å²) in [7, 11) is 0. The van der Waals surface area contributed by atoms with E-state index in [9.17, 15) is 14.7 Å². The zero-order valence-electron chi connectivity index (χ0n) is 13.6. The van der Waals surface area contributed by atoms with Crippen LogP contribution in [0.4, 0.5) is 0 Å². The molecule has 0 spiro atoms. The maximum Gasteiger partial charge on any atom is 0.326 e. The molecule has 1 unspecified atom stereocenters. The Balaban J connectivity index is 1.63. The molecule has 25 heavy (non-hydrogen) atoms. The van der Waals surface area contributed by atoms with Crippen LogP contribution in [0.25, 0.3) is 11.1 Å². The number of aliphatic carboxylic acids is 1. The van der Waals surface area contributed by atoms with Gasteiger partial charge in [-0.05, 0) is 42.2 Å². The predicted molar refractivity (Wildman–Crippen MR) is 90.6 cm³/mol. The van der Waals surface area contributed by atoms with Gasteiger partial charge in [0.1, 0.15) is 11.8 Å². The minimum Gasteiger partial charge on any atom is -0.493 e. The molecule has 2 aliphatic heterocycles. The lowest BCUT2D eigenvalue weighted by Crippen LogP contribution is -2.40. The average Bonchev–Trinajstić information content (AvgIpc) is 3.29. The summed E-state index contributed by atoms with van der Waals surface area (Å²) in [6.07, 6.45) is 5.30. The van der Waals surface area contributed by atoms with Crippen molar-refractivity contribution in [1.82, 2.24) is 9.88 Å². The van der Waals surface area contributed by atoms with Gasteiger partial charge in [0.15, 0.2) is 0 Å². The molecule has 0 bridgehead atoms. The Morgan fingerprint density at radius 2 is 2.08 bits per heavy atom. The van der Waals surface area contributed by atoms with Crippen LogP contribution >= 0.6 is 0 Å². The second kappa shape index (κ2) is 6.20. The van der Waals surface area contributed by atoms with E-state index >= 15 is 0 Å². The quantitative estimate of drug-likeness (QED) is 0.929. The van der Waals surface area contributed by atoms with E-state index in [0.29, 0.717) is 31.6 Å². The highest BCUT2D eigenvalue weighted by Gasteiger charge is 2.34. The molecular formula is C19H18N2O4. The standard InChI is InChI=1S/C19H18N2O4/c22-18(21-6-1-2-16(21)19(23)24)15-9-14(10-20-11-15)12-3-4-17-13(8-12)5-7-25-17/h3-4,8-11,16H,1-2,5-7H2,(H,23,24). The van der Waals surface area contributed by atoms with Gasteiger partial charge in [-0.2, -0.15) is 0 Å². The number of amides is 1. The number of carbonyl (C=O) groups is 2. The summed E-state index contributed by atoms with van der Waals surface area (Å²) in [6.45, 7) is 1.16. The largest absolute Gasteiger partial charge is 0.493 e. The SMILES string of the molecule is O=C(O)C1CCCN1C(=O)c1cncc(-c2ccc3c(c2)CCO3)c1. The van der Waals surface area contributed by atoms with Crippen LogP contribution in [0.1, 0.15) is 28.8 Å². The lowest BCUT2D eigenvalue weighted by atomic mass is 10.0. The maximum atomic E-state index is 12.7. The third kappa shape index (κ3) is 2.84. The molecule has 0 radical (unpaired) electrons. The molecule has 128 valence electrons. The van der Waals surface area contributed by atoms with Gasteiger partial charge < -0.3 is 14.7 Å². The van der Waals surface area contributed by atoms with Gasteiger partial charge >= 0.3 is 5.97 Å². The lowest BCUT2D eigenvalue weighted by molar-refractivity contribution is -0.141. The second-order valence-electron chi connectivity index (χ2n) is 6.38. The number of carboxylic acids is 1. The van der Waals surface area contributed by atoms with Crippen LogP contribution in [0.15, 0.2) is 36.7 Å². The van der Waals surface area contributed by atoms with Crippen molar-refractivity contribution in [3.63, 3.8) is 0 Å². The van der Waals surface area contributed by atoms with Crippen molar-refractivity contribution < 1.29 is 19.4 Å². The number of hydrogen-bond donors (Lipinski definition) is 1. The second-order valence-corrected chi connectivity index (χ2v) is 6.38. The van der Waals surface area contributed by atoms with E-state index < -0.39 is 12.0 Å². The molecule has 1 aromatic heterocycles. The van der Waals surface area contributed by atoms with Gasteiger partial charge in [-0.1, -0.05) is 6.07 Å².